The van der Waals surface area contributed by atoms with Crippen molar-refractivity contribution in [3.8, 4) is 16.9 Å². The molecule has 0 aliphatic heterocycles. The number of nitrogens with two attached hydrogens (primary N) is 1. The molecule has 1 aromatic heterocycles. The summed E-state index contributed by atoms with van der Waals surface area (Å²) in [6.07, 6.45) is -4.29. The summed E-state index contributed by atoms with van der Waals surface area (Å²) in [5, 5.41) is 9.09. The Morgan fingerprint density at radius 3 is 2.50 bits per heavy atom. The molecule has 0 radical (unpaired) electrons. The van der Waals surface area contributed by atoms with Gasteiger partial charge in [0.1, 0.15) is 29.8 Å². The van der Waals surface area contributed by atoms with Crippen LogP contribution in [0.3, 0.4) is 0 Å². The molecule has 0 bridgehead atoms. The van der Waals surface area contributed by atoms with Crippen molar-refractivity contribution in [1.82, 2.24) is 0 Å². The first kappa shape index (κ1) is 25.0. The summed E-state index contributed by atoms with van der Waals surface area (Å²) in [6.45, 7) is 1.45. The van der Waals surface area contributed by atoms with E-state index in [2.05, 4.69) is 0 Å². The quantitative estimate of drug-likeness (QED) is 0.290. The minimum absolute atomic E-state index is 0.0744. The Morgan fingerprint density at radius 2 is 1.83 bits per heavy atom. The van der Waals surface area contributed by atoms with Gasteiger partial charge in [0, 0.05) is 28.6 Å². The van der Waals surface area contributed by atoms with Gasteiger partial charge in [0.05, 0.1) is 6.42 Å². The lowest BCUT2D eigenvalue weighted by Crippen LogP contribution is -2.06. The van der Waals surface area contributed by atoms with Crippen molar-refractivity contribution in [2.24, 2.45) is 5.73 Å². The van der Waals surface area contributed by atoms with E-state index < -0.39 is 17.7 Å². The zero-order chi connectivity index (χ0) is 26.0. The van der Waals surface area contributed by atoms with E-state index in [0.29, 0.717) is 34.1 Å². The second kappa shape index (κ2) is 9.87. The number of fused-ring (bicyclic) bond motifs is 1. The average molecular weight is 497 g/mol. The molecule has 0 aliphatic carbocycles. The number of hydrogen-bond donors (Lipinski definition) is 2. The lowest BCUT2D eigenvalue weighted by Gasteiger charge is -2.14. The van der Waals surface area contributed by atoms with Gasteiger partial charge in [-0.25, -0.2) is 0 Å². The van der Waals surface area contributed by atoms with Gasteiger partial charge in [-0.2, -0.15) is 13.2 Å². The molecule has 36 heavy (non-hydrogen) atoms. The van der Waals surface area contributed by atoms with Crippen LogP contribution in [0.2, 0.25) is 0 Å². The van der Waals surface area contributed by atoms with Crippen LogP contribution in [-0.2, 0) is 30.5 Å². The summed E-state index contributed by atoms with van der Waals surface area (Å²) in [4.78, 5) is 23.1. The molecule has 0 fully saturated rings. The van der Waals surface area contributed by atoms with Crippen LogP contribution in [0.5, 0.6) is 5.75 Å². The third kappa shape index (κ3) is 5.26. The Kier molecular flexibility index (Phi) is 6.85. The Bertz CT molecular complexity index is 1460. The number of carboxylic acid groups (broad SMARTS) is 1. The molecule has 0 spiro atoms. The molecule has 0 aliphatic rings. The molecule has 0 saturated carbocycles. The van der Waals surface area contributed by atoms with Gasteiger partial charge in [-0.1, -0.05) is 30.3 Å². The number of aliphatic carboxylic acids is 1. The van der Waals surface area contributed by atoms with Crippen LogP contribution in [0.1, 0.15) is 39.5 Å². The number of halogens is 3. The van der Waals surface area contributed by atoms with E-state index >= 15 is 0 Å². The molecule has 9 heteroatoms. The highest BCUT2D eigenvalue weighted by Gasteiger charge is 2.35. The van der Waals surface area contributed by atoms with Gasteiger partial charge >= 0.3 is 12.1 Å². The monoisotopic (exact) mass is 497 g/mol. The number of furan rings is 1. The smallest absolute Gasteiger partial charge is 0.420 e. The molecule has 1 heterocycles. The third-order valence-corrected chi connectivity index (χ3v) is 5.72. The molecular formula is C27H22F3NO5. The maximum atomic E-state index is 13.7. The molecule has 0 saturated heterocycles. The van der Waals surface area contributed by atoms with E-state index in [4.69, 9.17) is 14.9 Å². The SMILES string of the molecule is CC(=O)c1ccc(CC(=O)O)c(OCc2cc(-c3cccc(CN)c3)c3occ(C(F)(F)F)c3c2)c1. The molecule has 0 amide bonds. The molecule has 4 aromatic rings. The van der Waals surface area contributed by atoms with E-state index in [0.717, 1.165) is 5.56 Å². The second-order valence-corrected chi connectivity index (χ2v) is 8.31. The van der Waals surface area contributed by atoms with Gasteiger partial charge in [-0.3, -0.25) is 9.59 Å². The highest BCUT2D eigenvalue weighted by Crippen LogP contribution is 2.40. The third-order valence-electron chi connectivity index (χ3n) is 5.72. The topological polar surface area (TPSA) is 103 Å². The van der Waals surface area contributed by atoms with Gasteiger partial charge < -0.3 is 20.0 Å². The summed E-state index contributed by atoms with van der Waals surface area (Å²) >= 11 is 0. The van der Waals surface area contributed by atoms with Crippen molar-refractivity contribution >= 4 is 22.7 Å². The fraction of sp³-hybridized carbons (Fsp3) is 0.185. The van der Waals surface area contributed by atoms with Crippen LogP contribution in [0.4, 0.5) is 13.2 Å². The number of rotatable bonds is 8. The first-order valence-corrected chi connectivity index (χ1v) is 11.0. The minimum atomic E-state index is -4.63. The van der Waals surface area contributed by atoms with Crippen LogP contribution in [0, 0.1) is 0 Å². The number of alkyl halides is 3. The summed E-state index contributed by atoms with van der Waals surface area (Å²) in [6, 6.07) is 14.5. The van der Waals surface area contributed by atoms with Crippen LogP contribution in [-0.4, -0.2) is 16.9 Å². The highest BCUT2D eigenvalue weighted by atomic mass is 19.4. The van der Waals surface area contributed by atoms with Crippen LogP contribution in [0.25, 0.3) is 22.1 Å². The van der Waals surface area contributed by atoms with Gasteiger partial charge in [0.15, 0.2) is 5.78 Å². The number of carbonyl (C=O) groups excluding carboxylic acids is 1. The Hall–Kier alpha value is -4.11. The number of carboxylic acids is 1. The van der Waals surface area contributed by atoms with Crippen LogP contribution >= 0.6 is 0 Å². The van der Waals surface area contributed by atoms with Crippen molar-refractivity contribution in [2.75, 3.05) is 0 Å². The number of ether oxygens (including phenoxy) is 1. The number of benzene rings is 3. The molecule has 0 atom stereocenters. The molecule has 186 valence electrons. The lowest BCUT2D eigenvalue weighted by atomic mass is 9.97. The van der Waals surface area contributed by atoms with Crippen molar-refractivity contribution < 1.29 is 37.0 Å². The maximum Gasteiger partial charge on any atom is 0.420 e. The fourth-order valence-corrected chi connectivity index (χ4v) is 3.96. The summed E-state index contributed by atoms with van der Waals surface area (Å²) in [5.74, 6) is -1.16. The Morgan fingerprint density at radius 1 is 1.06 bits per heavy atom. The first-order valence-electron chi connectivity index (χ1n) is 11.0. The predicted octanol–water partition coefficient (Wildman–Crippen LogP) is 5.99. The predicted molar refractivity (Wildman–Crippen MR) is 127 cm³/mol. The largest absolute Gasteiger partial charge is 0.489 e. The summed E-state index contributed by atoms with van der Waals surface area (Å²) in [5.41, 5.74) is 7.80. The lowest BCUT2D eigenvalue weighted by molar-refractivity contribution is -0.137. The van der Waals surface area contributed by atoms with E-state index in [9.17, 15) is 27.9 Å². The molecule has 3 N–H and O–H groups in total. The minimum Gasteiger partial charge on any atom is -0.489 e. The van der Waals surface area contributed by atoms with Crippen molar-refractivity contribution in [2.45, 2.75) is 32.7 Å². The fourth-order valence-electron chi connectivity index (χ4n) is 3.96. The van der Waals surface area contributed by atoms with Gasteiger partial charge in [0.25, 0.3) is 0 Å². The van der Waals surface area contributed by atoms with E-state index in [-0.39, 0.29) is 42.1 Å². The van der Waals surface area contributed by atoms with Gasteiger partial charge in [0.2, 0.25) is 0 Å². The molecular weight excluding hydrogens is 475 g/mol. The van der Waals surface area contributed by atoms with Crippen molar-refractivity contribution in [3.63, 3.8) is 0 Å². The Balaban J connectivity index is 1.80. The Labute approximate surface area is 204 Å². The van der Waals surface area contributed by atoms with E-state index in [1.54, 1.807) is 24.3 Å². The average Bonchev–Trinajstić information content (AvgIpc) is 3.27. The first-order chi connectivity index (χ1) is 17.1. The summed E-state index contributed by atoms with van der Waals surface area (Å²) < 4.78 is 52.3. The molecule has 3 aromatic carbocycles. The normalized spacial score (nSPS) is 11.6. The standard InChI is InChI=1S/C27H22F3NO5/c1-15(32)18-5-6-20(11-25(33)34)24(10-18)35-13-17-8-21(19-4-2-3-16(7-19)12-31)26-22(9-17)23(14-36-26)27(28,29)30/h2-10,14H,11-13,31H2,1H3,(H,33,34). The summed E-state index contributed by atoms with van der Waals surface area (Å²) in [7, 11) is 0. The molecule has 4 rings (SSSR count). The zero-order valence-electron chi connectivity index (χ0n) is 19.2. The van der Waals surface area contributed by atoms with Gasteiger partial charge in [-0.15, -0.1) is 0 Å². The van der Waals surface area contributed by atoms with E-state index in [1.165, 1.54) is 31.2 Å². The van der Waals surface area contributed by atoms with E-state index in [1.807, 2.05) is 6.07 Å². The van der Waals surface area contributed by atoms with Crippen molar-refractivity contribution in [1.29, 1.82) is 0 Å². The molecule has 6 nitrogen and oxygen atoms in total. The van der Waals surface area contributed by atoms with Gasteiger partial charge in [-0.05, 0) is 47.9 Å². The van der Waals surface area contributed by atoms with Crippen molar-refractivity contribution in [3.05, 3.63) is 88.7 Å². The number of Topliss-reactive ketones (excluding diaryl/α,β-unsaturated/α-hetero) is 1. The molecule has 0 unspecified atom stereocenters. The highest BCUT2D eigenvalue weighted by molar-refractivity contribution is 5.96. The number of ketones is 1. The number of hydrogen-bond acceptors (Lipinski definition) is 5. The zero-order valence-corrected chi connectivity index (χ0v) is 19.2. The number of carbonyl (C=O) groups is 2. The maximum absolute atomic E-state index is 13.7. The van der Waals surface area contributed by atoms with Crippen LogP contribution in [0.15, 0.2) is 65.3 Å². The second-order valence-electron chi connectivity index (χ2n) is 8.31. The van der Waals surface area contributed by atoms with Crippen LogP contribution < -0.4 is 10.5 Å².